The number of hydrogen-bond donors (Lipinski definition) is 1. The summed E-state index contributed by atoms with van der Waals surface area (Å²) >= 11 is 0. The number of sulfonamides is 1. The molecule has 0 unspecified atom stereocenters. The minimum atomic E-state index is -4.00. The zero-order valence-electron chi connectivity index (χ0n) is 15.2. The molecule has 2 rings (SSSR count). The first kappa shape index (κ1) is 20.1. The summed E-state index contributed by atoms with van der Waals surface area (Å²) in [4.78, 5) is 11.9. The number of primary amides is 1. The van der Waals surface area contributed by atoms with Crippen molar-refractivity contribution in [2.75, 3.05) is 7.05 Å². The van der Waals surface area contributed by atoms with Gasteiger partial charge in [-0.2, -0.15) is 4.31 Å². The number of nitrogens with two attached hydrogens (primary N) is 1. The Labute approximate surface area is 153 Å². The Kier molecular flexibility index (Phi) is 5.53. The summed E-state index contributed by atoms with van der Waals surface area (Å²) in [6, 6.07) is 10.3. The summed E-state index contributed by atoms with van der Waals surface area (Å²) in [6.45, 7) is 6.07. The maximum Gasteiger partial charge on any atom is 0.243 e. The molecule has 0 saturated heterocycles. The van der Waals surface area contributed by atoms with Gasteiger partial charge in [0.25, 0.3) is 0 Å². The van der Waals surface area contributed by atoms with E-state index >= 15 is 0 Å². The highest BCUT2D eigenvalue weighted by Gasteiger charge is 2.33. The molecule has 0 heterocycles. The van der Waals surface area contributed by atoms with Gasteiger partial charge in [0, 0.05) is 7.05 Å². The number of carbonyl (C=O) groups is 1. The number of likely N-dealkylation sites (N-methyl/N-ethyl adjacent to an activating group) is 1. The fourth-order valence-corrected chi connectivity index (χ4v) is 3.98. The molecule has 0 fully saturated rings. The lowest BCUT2D eigenvalue weighted by molar-refractivity contribution is -0.121. The zero-order chi connectivity index (χ0) is 19.7. The first-order valence-corrected chi connectivity index (χ1v) is 9.52. The summed E-state index contributed by atoms with van der Waals surface area (Å²) in [5.74, 6) is -1.46. The van der Waals surface area contributed by atoms with Crippen LogP contribution in [0.1, 0.15) is 37.9 Å². The van der Waals surface area contributed by atoms with Gasteiger partial charge in [0.15, 0.2) is 0 Å². The van der Waals surface area contributed by atoms with E-state index in [0.717, 1.165) is 15.9 Å². The molecule has 2 aromatic carbocycles. The molecule has 0 aliphatic heterocycles. The quantitative estimate of drug-likeness (QED) is 0.868. The van der Waals surface area contributed by atoms with E-state index in [1.165, 1.54) is 37.4 Å². The molecule has 0 radical (unpaired) electrons. The Morgan fingerprint density at radius 2 is 1.69 bits per heavy atom. The SMILES string of the molecule is CN([C@H](C(N)=O)c1cccc(F)c1)S(=O)(=O)c1ccc(C(C)(C)C)cc1. The molecule has 0 spiro atoms. The van der Waals surface area contributed by atoms with Crippen molar-refractivity contribution in [3.05, 3.63) is 65.5 Å². The predicted octanol–water partition coefficient (Wildman–Crippen LogP) is 2.97. The summed E-state index contributed by atoms with van der Waals surface area (Å²) in [5.41, 5.74) is 6.45. The summed E-state index contributed by atoms with van der Waals surface area (Å²) in [6.07, 6.45) is 0. The van der Waals surface area contributed by atoms with Crippen LogP contribution in [0.15, 0.2) is 53.4 Å². The number of hydrogen-bond acceptors (Lipinski definition) is 3. The normalized spacial score (nSPS) is 13.6. The van der Waals surface area contributed by atoms with E-state index in [0.29, 0.717) is 0 Å². The van der Waals surface area contributed by atoms with Gasteiger partial charge in [-0.1, -0.05) is 45.0 Å². The zero-order valence-corrected chi connectivity index (χ0v) is 16.0. The predicted molar refractivity (Wildman–Crippen MR) is 98.4 cm³/mol. The minimum absolute atomic E-state index is 0.0376. The maximum absolute atomic E-state index is 13.5. The van der Waals surface area contributed by atoms with E-state index in [4.69, 9.17) is 5.73 Å². The number of halogens is 1. The van der Waals surface area contributed by atoms with Gasteiger partial charge in [0.05, 0.1) is 4.90 Å². The molecule has 1 atom stereocenters. The highest BCUT2D eigenvalue weighted by Crippen LogP contribution is 2.28. The van der Waals surface area contributed by atoms with Crippen molar-refractivity contribution < 1.29 is 17.6 Å². The second-order valence-corrected chi connectivity index (χ2v) is 9.15. The van der Waals surface area contributed by atoms with E-state index in [1.54, 1.807) is 12.1 Å². The average molecular weight is 378 g/mol. The first-order chi connectivity index (χ1) is 11.9. The van der Waals surface area contributed by atoms with Gasteiger partial charge in [0.1, 0.15) is 11.9 Å². The van der Waals surface area contributed by atoms with E-state index in [9.17, 15) is 17.6 Å². The number of amides is 1. The van der Waals surface area contributed by atoms with Crippen molar-refractivity contribution in [1.82, 2.24) is 4.31 Å². The topological polar surface area (TPSA) is 80.5 Å². The summed E-state index contributed by atoms with van der Waals surface area (Å²) < 4.78 is 40.2. The lowest BCUT2D eigenvalue weighted by Crippen LogP contribution is -2.39. The number of rotatable bonds is 5. The van der Waals surface area contributed by atoms with Gasteiger partial charge in [0.2, 0.25) is 15.9 Å². The van der Waals surface area contributed by atoms with E-state index in [-0.39, 0.29) is 15.9 Å². The molecule has 2 N–H and O–H groups in total. The third-order valence-corrected chi connectivity index (χ3v) is 6.03. The maximum atomic E-state index is 13.5. The molecule has 2 aromatic rings. The van der Waals surface area contributed by atoms with Gasteiger partial charge >= 0.3 is 0 Å². The Morgan fingerprint density at radius 3 is 2.15 bits per heavy atom. The van der Waals surface area contributed by atoms with E-state index < -0.39 is 27.8 Å². The van der Waals surface area contributed by atoms with Crippen LogP contribution in [-0.4, -0.2) is 25.7 Å². The van der Waals surface area contributed by atoms with Crippen LogP contribution in [0, 0.1) is 5.82 Å². The van der Waals surface area contributed by atoms with Crippen molar-refractivity contribution in [2.24, 2.45) is 5.73 Å². The van der Waals surface area contributed by atoms with Crippen molar-refractivity contribution in [2.45, 2.75) is 37.1 Å². The number of nitrogens with zero attached hydrogens (tertiary/aromatic N) is 1. The number of benzene rings is 2. The van der Waals surface area contributed by atoms with Gasteiger partial charge in [-0.25, -0.2) is 12.8 Å². The molecule has 0 bridgehead atoms. The standard InChI is InChI=1S/C19H23FN2O3S/c1-19(2,3)14-8-10-16(11-9-14)26(24,25)22(4)17(18(21)23)13-6-5-7-15(20)12-13/h5-12,17H,1-4H3,(H2,21,23)/t17-/m0/s1. The molecule has 0 aromatic heterocycles. The average Bonchev–Trinajstić information content (AvgIpc) is 2.54. The van der Waals surface area contributed by atoms with Crippen molar-refractivity contribution in [1.29, 1.82) is 0 Å². The molecule has 0 saturated carbocycles. The van der Waals surface area contributed by atoms with Crippen LogP contribution in [0.3, 0.4) is 0 Å². The van der Waals surface area contributed by atoms with Crippen LogP contribution in [0.25, 0.3) is 0 Å². The molecule has 140 valence electrons. The highest BCUT2D eigenvalue weighted by molar-refractivity contribution is 7.89. The molecule has 0 aliphatic rings. The lowest BCUT2D eigenvalue weighted by Gasteiger charge is -2.26. The molecule has 1 amide bonds. The van der Waals surface area contributed by atoms with Gasteiger partial charge < -0.3 is 5.73 Å². The third kappa shape index (κ3) is 4.11. The second-order valence-electron chi connectivity index (χ2n) is 7.16. The van der Waals surface area contributed by atoms with Crippen LogP contribution in [0.4, 0.5) is 4.39 Å². The van der Waals surface area contributed by atoms with Crippen LogP contribution >= 0.6 is 0 Å². The largest absolute Gasteiger partial charge is 0.368 e. The summed E-state index contributed by atoms with van der Waals surface area (Å²) in [5, 5.41) is 0. The Bertz CT molecular complexity index is 903. The fraction of sp³-hybridized carbons (Fsp3) is 0.316. The van der Waals surface area contributed by atoms with Crippen molar-refractivity contribution in [3.63, 3.8) is 0 Å². The van der Waals surface area contributed by atoms with E-state index in [1.807, 2.05) is 20.8 Å². The Hall–Kier alpha value is -2.25. The van der Waals surface area contributed by atoms with Crippen molar-refractivity contribution in [3.8, 4) is 0 Å². The minimum Gasteiger partial charge on any atom is -0.368 e. The number of carbonyl (C=O) groups excluding carboxylic acids is 1. The fourth-order valence-electron chi connectivity index (χ4n) is 2.66. The highest BCUT2D eigenvalue weighted by atomic mass is 32.2. The molecule has 7 heteroatoms. The monoisotopic (exact) mass is 378 g/mol. The smallest absolute Gasteiger partial charge is 0.243 e. The van der Waals surface area contributed by atoms with Crippen LogP contribution < -0.4 is 5.73 Å². The molecular weight excluding hydrogens is 355 g/mol. The molecular formula is C19H23FN2O3S. The van der Waals surface area contributed by atoms with Gasteiger partial charge in [-0.05, 0) is 40.8 Å². The Balaban J connectivity index is 2.44. The van der Waals surface area contributed by atoms with Crippen LogP contribution in [0.2, 0.25) is 0 Å². The third-order valence-electron chi connectivity index (χ3n) is 4.19. The lowest BCUT2D eigenvalue weighted by atomic mass is 9.87. The Morgan fingerprint density at radius 1 is 1.12 bits per heavy atom. The van der Waals surface area contributed by atoms with Crippen LogP contribution in [-0.2, 0) is 20.2 Å². The summed E-state index contributed by atoms with van der Waals surface area (Å²) in [7, 11) is -2.74. The second kappa shape index (κ2) is 7.17. The molecule has 0 aliphatic carbocycles. The van der Waals surface area contributed by atoms with Gasteiger partial charge in [-0.3, -0.25) is 4.79 Å². The van der Waals surface area contributed by atoms with Gasteiger partial charge in [-0.15, -0.1) is 0 Å². The molecule has 26 heavy (non-hydrogen) atoms. The first-order valence-electron chi connectivity index (χ1n) is 8.08. The molecule has 5 nitrogen and oxygen atoms in total. The van der Waals surface area contributed by atoms with Crippen LogP contribution in [0.5, 0.6) is 0 Å². The van der Waals surface area contributed by atoms with Crippen molar-refractivity contribution >= 4 is 15.9 Å². The van der Waals surface area contributed by atoms with E-state index in [2.05, 4.69) is 0 Å².